The van der Waals surface area contributed by atoms with Crippen molar-refractivity contribution >= 4 is 29.1 Å². The fourth-order valence-corrected chi connectivity index (χ4v) is 2.98. The average Bonchev–Trinajstić information content (AvgIpc) is 2.73. The van der Waals surface area contributed by atoms with Crippen molar-refractivity contribution in [1.82, 2.24) is 15.7 Å². The molecule has 31 heavy (non-hydrogen) atoms. The van der Waals surface area contributed by atoms with Gasteiger partial charge in [0.05, 0.1) is 11.7 Å². The van der Waals surface area contributed by atoms with Gasteiger partial charge in [-0.2, -0.15) is 5.10 Å². The van der Waals surface area contributed by atoms with E-state index in [1.54, 1.807) is 33.2 Å². The molecule has 160 valence electrons. The van der Waals surface area contributed by atoms with Gasteiger partial charge in [0, 0.05) is 23.6 Å². The Hall–Kier alpha value is -3.74. The monoisotopic (exact) mass is 418 g/mol. The quantitative estimate of drug-likeness (QED) is 0.470. The Bertz CT molecular complexity index is 1070. The number of hydrogen-bond donors (Lipinski definition) is 2. The van der Waals surface area contributed by atoms with E-state index in [-0.39, 0.29) is 0 Å². The number of fused-ring (bicyclic) bond motifs is 1. The van der Waals surface area contributed by atoms with E-state index >= 15 is 0 Å². The summed E-state index contributed by atoms with van der Waals surface area (Å²) in [5.74, 6) is -0.445. The van der Waals surface area contributed by atoms with Gasteiger partial charge in [0.15, 0.2) is 0 Å². The van der Waals surface area contributed by atoms with Crippen molar-refractivity contribution in [3.8, 4) is 0 Å². The number of carbonyl (C=O) groups excluding carboxylic acids is 2. The Morgan fingerprint density at radius 2 is 1.81 bits per heavy atom. The largest absolute Gasteiger partial charge is 0.444 e. The number of nitrogens with zero attached hydrogens (tertiary/aromatic N) is 2. The molecule has 1 heterocycles. The summed E-state index contributed by atoms with van der Waals surface area (Å²) >= 11 is 0. The molecule has 0 saturated carbocycles. The summed E-state index contributed by atoms with van der Waals surface area (Å²) in [6, 6.07) is 18.1. The number of aromatic nitrogens is 1. The summed E-state index contributed by atoms with van der Waals surface area (Å²) < 4.78 is 5.30. The van der Waals surface area contributed by atoms with Crippen molar-refractivity contribution < 1.29 is 14.3 Å². The summed E-state index contributed by atoms with van der Waals surface area (Å²) in [5.41, 5.74) is 4.31. The van der Waals surface area contributed by atoms with Gasteiger partial charge in [0.1, 0.15) is 11.6 Å². The van der Waals surface area contributed by atoms with Crippen LogP contribution in [0.2, 0.25) is 0 Å². The van der Waals surface area contributed by atoms with E-state index in [2.05, 4.69) is 20.8 Å². The van der Waals surface area contributed by atoms with Crippen LogP contribution in [0.25, 0.3) is 10.9 Å². The normalized spacial score (nSPS) is 12.5. The second-order valence-electron chi connectivity index (χ2n) is 8.05. The summed E-state index contributed by atoms with van der Waals surface area (Å²) in [4.78, 5) is 29.4. The van der Waals surface area contributed by atoms with Gasteiger partial charge in [0.25, 0.3) is 5.91 Å². The number of nitrogens with one attached hydrogen (secondary N) is 2. The summed E-state index contributed by atoms with van der Waals surface area (Å²) in [5, 5.41) is 7.70. The fraction of sp³-hybridized carbons (Fsp3) is 0.250. The smallest absolute Gasteiger partial charge is 0.408 e. The number of carbonyl (C=O) groups is 2. The summed E-state index contributed by atoms with van der Waals surface area (Å²) in [6.45, 7) is 5.30. The molecule has 0 radical (unpaired) electrons. The van der Waals surface area contributed by atoms with Gasteiger partial charge in [0.2, 0.25) is 0 Å². The predicted molar refractivity (Wildman–Crippen MR) is 121 cm³/mol. The molecule has 7 heteroatoms. The lowest BCUT2D eigenvalue weighted by molar-refractivity contribution is -0.123. The molecule has 0 fully saturated rings. The molecule has 1 aromatic heterocycles. The Kier molecular flexibility index (Phi) is 6.97. The number of para-hydroxylation sites is 1. The van der Waals surface area contributed by atoms with Crippen molar-refractivity contribution in [2.45, 2.75) is 38.8 Å². The molecule has 0 aliphatic heterocycles. The highest BCUT2D eigenvalue weighted by Crippen LogP contribution is 2.14. The molecule has 3 rings (SSSR count). The molecule has 0 aliphatic carbocycles. The number of amides is 2. The van der Waals surface area contributed by atoms with Crippen LogP contribution >= 0.6 is 0 Å². The maximum atomic E-state index is 12.8. The molecule has 1 unspecified atom stereocenters. The van der Waals surface area contributed by atoms with Gasteiger partial charge in [-0.25, -0.2) is 10.2 Å². The van der Waals surface area contributed by atoms with Gasteiger partial charge < -0.3 is 10.1 Å². The highest BCUT2D eigenvalue weighted by atomic mass is 16.6. The summed E-state index contributed by atoms with van der Waals surface area (Å²) in [6.07, 6.45) is 2.89. The van der Waals surface area contributed by atoms with E-state index in [0.717, 1.165) is 22.0 Å². The van der Waals surface area contributed by atoms with Gasteiger partial charge >= 0.3 is 6.09 Å². The van der Waals surface area contributed by atoms with E-state index < -0.39 is 23.6 Å². The number of benzene rings is 2. The van der Waals surface area contributed by atoms with Crippen LogP contribution in [-0.4, -0.2) is 34.8 Å². The number of pyridine rings is 1. The first-order valence-electron chi connectivity index (χ1n) is 10.0. The summed E-state index contributed by atoms with van der Waals surface area (Å²) in [7, 11) is 0. The Balaban J connectivity index is 1.72. The molecule has 1 atom stereocenters. The Labute approximate surface area is 181 Å². The Morgan fingerprint density at radius 1 is 1.06 bits per heavy atom. The van der Waals surface area contributed by atoms with E-state index in [9.17, 15) is 9.59 Å². The highest BCUT2D eigenvalue weighted by molar-refractivity contribution is 5.97. The van der Waals surface area contributed by atoms with E-state index in [0.29, 0.717) is 6.42 Å². The Morgan fingerprint density at radius 3 is 2.55 bits per heavy atom. The molecular formula is C24H26N4O3. The van der Waals surface area contributed by atoms with Crippen molar-refractivity contribution in [2.24, 2.45) is 5.10 Å². The van der Waals surface area contributed by atoms with Crippen LogP contribution in [-0.2, 0) is 16.0 Å². The molecule has 2 N–H and O–H groups in total. The fourth-order valence-electron chi connectivity index (χ4n) is 2.98. The molecule has 2 amide bonds. The van der Waals surface area contributed by atoms with Crippen molar-refractivity contribution in [3.05, 3.63) is 78.0 Å². The molecule has 3 aromatic rings. The third-order valence-corrected chi connectivity index (χ3v) is 4.33. The third-order valence-electron chi connectivity index (χ3n) is 4.33. The number of rotatable bonds is 6. The molecule has 7 nitrogen and oxygen atoms in total. The zero-order valence-electron chi connectivity index (χ0n) is 17.8. The van der Waals surface area contributed by atoms with Gasteiger partial charge in [-0.05, 0) is 32.4 Å². The second kappa shape index (κ2) is 9.84. The average molecular weight is 418 g/mol. The van der Waals surface area contributed by atoms with Crippen LogP contribution in [0.4, 0.5) is 4.79 Å². The van der Waals surface area contributed by atoms with Gasteiger partial charge in [-0.3, -0.25) is 9.78 Å². The number of hydrogen-bond acceptors (Lipinski definition) is 5. The van der Waals surface area contributed by atoms with Crippen LogP contribution in [0.5, 0.6) is 0 Å². The van der Waals surface area contributed by atoms with Crippen LogP contribution in [0.1, 0.15) is 31.9 Å². The van der Waals surface area contributed by atoms with Crippen LogP contribution in [0.3, 0.4) is 0 Å². The van der Waals surface area contributed by atoms with Crippen molar-refractivity contribution in [1.29, 1.82) is 0 Å². The minimum absolute atomic E-state index is 0.303. The topological polar surface area (TPSA) is 92.7 Å². The van der Waals surface area contributed by atoms with Gasteiger partial charge in [-0.1, -0.05) is 54.6 Å². The maximum absolute atomic E-state index is 12.8. The molecular weight excluding hydrogens is 392 g/mol. The third kappa shape index (κ3) is 6.64. The zero-order chi connectivity index (χ0) is 22.3. The first kappa shape index (κ1) is 22.0. The lowest BCUT2D eigenvalue weighted by atomic mass is 10.1. The standard InChI is InChI=1S/C24H26N4O3/c1-24(2,3)31-23(30)27-20(15-17-9-5-4-6-10-17)22(29)28-26-16-19-12-7-11-18-13-8-14-25-21(18)19/h4-14,16,20H,15H2,1-3H3,(H,27,30)(H,28,29). The minimum Gasteiger partial charge on any atom is -0.444 e. The number of alkyl carbamates (subject to hydrolysis) is 1. The van der Waals surface area contributed by atoms with E-state index in [1.165, 1.54) is 0 Å². The second-order valence-corrected chi connectivity index (χ2v) is 8.05. The van der Waals surface area contributed by atoms with Crippen molar-refractivity contribution in [3.63, 3.8) is 0 Å². The highest BCUT2D eigenvalue weighted by Gasteiger charge is 2.24. The van der Waals surface area contributed by atoms with Gasteiger partial charge in [-0.15, -0.1) is 0 Å². The minimum atomic E-state index is -0.847. The number of ether oxygens (including phenoxy) is 1. The van der Waals surface area contributed by atoms with Crippen LogP contribution < -0.4 is 10.7 Å². The van der Waals surface area contributed by atoms with E-state index in [1.807, 2.05) is 60.7 Å². The molecule has 0 bridgehead atoms. The number of hydrazone groups is 1. The predicted octanol–water partition coefficient (Wildman–Crippen LogP) is 3.82. The van der Waals surface area contributed by atoms with E-state index in [4.69, 9.17) is 4.74 Å². The lowest BCUT2D eigenvalue weighted by Crippen LogP contribution is -2.48. The van der Waals surface area contributed by atoms with Crippen LogP contribution in [0.15, 0.2) is 72.0 Å². The molecule has 0 saturated heterocycles. The molecule has 2 aromatic carbocycles. The molecule has 0 aliphatic rings. The molecule has 0 spiro atoms. The van der Waals surface area contributed by atoms with Crippen molar-refractivity contribution in [2.75, 3.05) is 0 Å². The maximum Gasteiger partial charge on any atom is 0.408 e. The first-order valence-corrected chi connectivity index (χ1v) is 10.0. The SMILES string of the molecule is CC(C)(C)OC(=O)NC(Cc1ccccc1)C(=O)NN=Cc1cccc2cccnc12. The zero-order valence-corrected chi connectivity index (χ0v) is 17.8. The lowest BCUT2D eigenvalue weighted by Gasteiger charge is -2.23. The van der Waals surface area contributed by atoms with Crippen LogP contribution in [0, 0.1) is 0 Å². The first-order chi connectivity index (χ1) is 14.8.